The number of ether oxygens (including phenoxy) is 1. The average Bonchev–Trinajstić information content (AvgIpc) is 2.59. The molecule has 4 bridgehead atoms. The molecule has 4 nitrogen and oxygen atoms in total. The van der Waals surface area contributed by atoms with E-state index in [4.69, 9.17) is 4.74 Å². The molecule has 4 fully saturated rings. The van der Waals surface area contributed by atoms with Gasteiger partial charge in [0.2, 0.25) is 5.88 Å². The van der Waals surface area contributed by atoms with Crippen LogP contribution in [0.3, 0.4) is 0 Å². The minimum atomic E-state index is 0. The minimum absolute atomic E-state index is 0. The summed E-state index contributed by atoms with van der Waals surface area (Å²) in [6.45, 7) is 3.74. The van der Waals surface area contributed by atoms with Gasteiger partial charge in [-0.1, -0.05) is 6.07 Å². The van der Waals surface area contributed by atoms with Gasteiger partial charge in [-0.15, -0.1) is 12.4 Å². The van der Waals surface area contributed by atoms with Gasteiger partial charge < -0.3 is 9.64 Å². The molecule has 0 spiro atoms. The first-order valence-corrected chi connectivity index (χ1v) is 8.60. The first kappa shape index (κ1) is 15.9. The Morgan fingerprint density at radius 1 is 0.958 bits per heavy atom. The number of hydrogen-bond donors (Lipinski definition) is 0. The van der Waals surface area contributed by atoms with E-state index < -0.39 is 0 Å². The molecule has 6 rings (SSSR count). The quantitative estimate of drug-likeness (QED) is 0.857. The van der Waals surface area contributed by atoms with E-state index in [0.29, 0.717) is 17.9 Å². The SMILES string of the molecule is Cl.c1cncc(-c2ccc(OC3C4CC5CC3CN(C5)C4)nc2)c1. The van der Waals surface area contributed by atoms with E-state index in [1.165, 1.54) is 32.5 Å². The largest absolute Gasteiger partial charge is 0.474 e. The van der Waals surface area contributed by atoms with Gasteiger partial charge >= 0.3 is 0 Å². The van der Waals surface area contributed by atoms with Crippen molar-refractivity contribution in [3.05, 3.63) is 42.9 Å². The van der Waals surface area contributed by atoms with Crippen molar-refractivity contribution < 1.29 is 4.74 Å². The maximum atomic E-state index is 6.33. The highest BCUT2D eigenvalue weighted by molar-refractivity contribution is 5.85. The molecule has 1 aliphatic carbocycles. The molecule has 3 saturated heterocycles. The first-order valence-electron chi connectivity index (χ1n) is 8.60. The Labute approximate surface area is 148 Å². The van der Waals surface area contributed by atoms with Gasteiger partial charge in [-0.05, 0) is 30.9 Å². The van der Waals surface area contributed by atoms with E-state index in [9.17, 15) is 0 Å². The summed E-state index contributed by atoms with van der Waals surface area (Å²) in [5.74, 6) is 3.07. The maximum absolute atomic E-state index is 6.33. The second-order valence-corrected chi connectivity index (χ2v) is 7.29. The predicted octanol–water partition coefficient (Wildman–Crippen LogP) is 3.28. The topological polar surface area (TPSA) is 38.2 Å². The summed E-state index contributed by atoms with van der Waals surface area (Å²) in [6, 6.07) is 8.09. The van der Waals surface area contributed by atoms with Crippen molar-refractivity contribution >= 4 is 12.4 Å². The molecule has 0 amide bonds. The molecule has 0 radical (unpaired) electrons. The molecule has 0 N–H and O–H groups in total. The highest BCUT2D eigenvalue weighted by Crippen LogP contribution is 2.44. The Hall–Kier alpha value is -1.65. The third-order valence-corrected chi connectivity index (χ3v) is 5.69. The van der Waals surface area contributed by atoms with Crippen LogP contribution < -0.4 is 4.74 Å². The van der Waals surface area contributed by atoms with Crippen molar-refractivity contribution in [3.63, 3.8) is 0 Å². The fourth-order valence-corrected chi connectivity index (χ4v) is 4.85. The van der Waals surface area contributed by atoms with Gasteiger partial charge in [0.25, 0.3) is 0 Å². The number of halogens is 1. The first-order chi connectivity index (χ1) is 11.3. The molecule has 2 unspecified atom stereocenters. The van der Waals surface area contributed by atoms with E-state index >= 15 is 0 Å². The van der Waals surface area contributed by atoms with Crippen LogP contribution in [0.4, 0.5) is 0 Å². The Kier molecular flexibility index (Phi) is 4.19. The molecular weight excluding hydrogens is 322 g/mol. The lowest BCUT2D eigenvalue weighted by atomic mass is 9.66. The Morgan fingerprint density at radius 2 is 1.75 bits per heavy atom. The number of nitrogens with zero attached hydrogens (tertiary/aromatic N) is 3. The van der Waals surface area contributed by atoms with Gasteiger partial charge in [0.15, 0.2) is 0 Å². The standard InChI is InChI=1S/C19H21N3O.ClH/c1-2-14(8-20-5-1)15-3-4-18(21-9-15)23-19-16-6-13-7-17(19)12-22(10-13)11-16;/h1-5,8-9,13,16-17,19H,6-7,10-12H2;1H. The molecule has 5 heterocycles. The molecule has 3 aliphatic heterocycles. The zero-order valence-corrected chi connectivity index (χ0v) is 14.4. The van der Waals surface area contributed by atoms with Gasteiger partial charge in [0.1, 0.15) is 6.10 Å². The van der Waals surface area contributed by atoms with Crippen LogP contribution in [-0.4, -0.2) is 40.6 Å². The van der Waals surface area contributed by atoms with Crippen molar-refractivity contribution in [2.24, 2.45) is 17.8 Å². The fraction of sp³-hybridized carbons (Fsp3) is 0.474. The Morgan fingerprint density at radius 3 is 2.38 bits per heavy atom. The Bertz CT molecular complexity index is 664. The molecule has 5 heteroatoms. The van der Waals surface area contributed by atoms with Crippen LogP contribution in [0.1, 0.15) is 12.8 Å². The third kappa shape index (κ3) is 2.78. The van der Waals surface area contributed by atoms with Crippen LogP contribution in [0, 0.1) is 17.8 Å². The van der Waals surface area contributed by atoms with E-state index in [-0.39, 0.29) is 12.4 Å². The summed E-state index contributed by atoms with van der Waals surface area (Å²) >= 11 is 0. The summed E-state index contributed by atoms with van der Waals surface area (Å²) in [7, 11) is 0. The molecule has 2 aromatic heterocycles. The summed E-state index contributed by atoms with van der Waals surface area (Å²) in [5.41, 5.74) is 2.18. The lowest BCUT2D eigenvalue weighted by molar-refractivity contribution is -0.0997. The van der Waals surface area contributed by atoms with Crippen LogP contribution in [0.5, 0.6) is 5.88 Å². The van der Waals surface area contributed by atoms with Crippen molar-refractivity contribution in [3.8, 4) is 17.0 Å². The summed E-state index contributed by atoms with van der Waals surface area (Å²) < 4.78 is 6.33. The number of piperidine rings is 3. The zero-order chi connectivity index (χ0) is 15.2. The van der Waals surface area contributed by atoms with Gasteiger partial charge in [-0.2, -0.15) is 0 Å². The van der Waals surface area contributed by atoms with E-state index in [2.05, 4.69) is 27.0 Å². The number of hydrogen-bond acceptors (Lipinski definition) is 4. The molecule has 2 aromatic rings. The van der Waals surface area contributed by atoms with Crippen LogP contribution >= 0.6 is 12.4 Å². The van der Waals surface area contributed by atoms with Gasteiger partial charge in [-0.3, -0.25) is 4.98 Å². The van der Waals surface area contributed by atoms with Gasteiger partial charge in [0, 0.05) is 67.3 Å². The lowest BCUT2D eigenvalue weighted by Crippen LogP contribution is -2.61. The van der Waals surface area contributed by atoms with Crippen LogP contribution in [0.25, 0.3) is 11.1 Å². The molecule has 0 aromatic carbocycles. The summed E-state index contributed by atoms with van der Waals surface area (Å²) in [4.78, 5) is 11.3. The number of rotatable bonds is 3. The van der Waals surface area contributed by atoms with Crippen molar-refractivity contribution in [1.82, 2.24) is 14.9 Å². The van der Waals surface area contributed by atoms with Crippen LogP contribution in [0.15, 0.2) is 42.9 Å². The second kappa shape index (κ2) is 6.34. The fourth-order valence-electron chi connectivity index (χ4n) is 4.85. The van der Waals surface area contributed by atoms with E-state index in [0.717, 1.165) is 22.9 Å². The van der Waals surface area contributed by atoms with E-state index in [1.54, 1.807) is 6.20 Å². The van der Waals surface area contributed by atoms with Crippen molar-refractivity contribution in [2.45, 2.75) is 18.9 Å². The summed E-state index contributed by atoms with van der Waals surface area (Å²) in [6.07, 6.45) is 8.59. The minimum Gasteiger partial charge on any atom is -0.474 e. The molecule has 24 heavy (non-hydrogen) atoms. The number of aromatic nitrogens is 2. The average molecular weight is 344 g/mol. The third-order valence-electron chi connectivity index (χ3n) is 5.69. The van der Waals surface area contributed by atoms with Crippen LogP contribution in [0.2, 0.25) is 0 Å². The molecule has 1 saturated carbocycles. The zero-order valence-electron chi connectivity index (χ0n) is 13.5. The van der Waals surface area contributed by atoms with Gasteiger partial charge in [-0.25, -0.2) is 4.98 Å². The Balaban J connectivity index is 0.00000146. The normalized spacial score (nSPS) is 33.1. The maximum Gasteiger partial charge on any atom is 0.213 e. The highest BCUT2D eigenvalue weighted by atomic mass is 35.5. The van der Waals surface area contributed by atoms with Crippen molar-refractivity contribution in [2.75, 3.05) is 19.6 Å². The molecule has 4 aliphatic rings. The monoisotopic (exact) mass is 343 g/mol. The molecule has 126 valence electrons. The summed E-state index contributed by atoms with van der Waals surface area (Å²) in [5, 5.41) is 0. The van der Waals surface area contributed by atoms with E-state index in [1.807, 2.05) is 24.5 Å². The smallest absolute Gasteiger partial charge is 0.213 e. The lowest BCUT2D eigenvalue weighted by Gasteiger charge is -2.55. The molecular formula is C19H22ClN3O. The van der Waals surface area contributed by atoms with Crippen molar-refractivity contribution in [1.29, 1.82) is 0 Å². The number of pyridine rings is 2. The molecule has 2 atom stereocenters. The highest BCUT2D eigenvalue weighted by Gasteiger charge is 2.48. The predicted molar refractivity (Wildman–Crippen MR) is 95.3 cm³/mol. The van der Waals surface area contributed by atoms with Gasteiger partial charge in [0.05, 0.1) is 0 Å². The second-order valence-electron chi connectivity index (χ2n) is 7.29. The van der Waals surface area contributed by atoms with Crippen LogP contribution in [-0.2, 0) is 0 Å².